The Bertz CT molecular complexity index is 1290. The highest BCUT2D eigenvalue weighted by Gasteiger charge is 2.17. The van der Waals surface area contributed by atoms with Gasteiger partial charge in [-0.3, -0.25) is 19.4 Å². The Kier molecular flexibility index (Phi) is 11.5. The molecule has 0 saturated heterocycles. The number of esters is 1. The molecule has 0 bridgehead atoms. The second kappa shape index (κ2) is 15.0. The van der Waals surface area contributed by atoms with Gasteiger partial charge >= 0.3 is 5.97 Å². The average Bonchev–Trinajstić information content (AvgIpc) is 2.93. The zero-order valence-electron chi connectivity index (χ0n) is 24.1. The Labute approximate surface area is 237 Å². The lowest BCUT2D eigenvalue weighted by Crippen LogP contribution is -2.24. The molecule has 8 heteroatoms. The molecule has 0 aliphatic heterocycles. The van der Waals surface area contributed by atoms with E-state index in [1.807, 2.05) is 51.1 Å². The Morgan fingerprint density at radius 2 is 1.52 bits per heavy atom. The van der Waals surface area contributed by atoms with E-state index in [0.29, 0.717) is 40.7 Å². The first-order valence-electron chi connectivity index (χ1n) is 14.1. The number of unbranched alkanes of at least 4 members (excludes halogenated alkanes) is 6. The molecule has 8 nitrogen and oxygen atoms in total. The largest absolute Gasteiger partial charge is 0.460 e. The van der Waals surface area contributed by atoms with E-state index in [-0.39, 0.29) is 17.8 Å². The number of nitrogens with one attached hydrogen (secondary N) is 3. The van der Waals surface area contributed by atoms with Crippen molar-refractivity contribution < 1.29 is 19.1 Å². The fraction of sp³-hybridized carbons (Fsp3) is 0.438. The summed E-state index contributed by atoms with van der Waals surface area (Å²) in [6.07, 6.45) is 9.16. The maximum Gasteiger partial charge on any atom is 0.306 e. The number of ether oxygens (including phenoxy) is 1. The van der Waals surface area contributed by atoms with Crippen molar-refractivity contribution in [2.75, 3.05) is 18.9 Å². The quantitative estimate of drug-likeness (QED) is 0.157. The third kappa shape index (κ3) is 9.67. The molecule has 0 fully saturated rings. The third-order valence-electron chi connectivity index (χ3n) is 6.41. The van der Waals surface area contributed by atoms with Crippen molar-refractivity contribution >= 4 is 40.1 Å². The topological polar surface area (TPSA) is 109 Å². The van der Waals surface area contributed by atoms with Gasteiger partial charge in [0.15, 0.2) is 0 Å². The molecule has 3 rings (SSSR count). The Balaban J connectivity index is 1.48. The highest BCUT2D eigenvalue weighted by atomic mass is 16.6. The lowest BCUT2D eigenvalue weighted by atomic mass is 10.0. The highest BCUT2D eigenvalue weighted by Crippen LogP contribution is 2.30. The lowest BCUT2D eigenvalue weighted by Gasteiger charge is -2.19. The molecule has 0 aliphatic carbocycles. The zero-order chi connectivity index (χ0) is 29.0. The monoisotopic (exact) mass is 546 g/mol. The Morgan fingerprint density at radius 3 is 2.20 bits per heavy atom. The molecule has 1 heterocycles. The average molecular weight is 547 g/mol. The first-order valence-corrected chi connectivity index (χ1v) is 14.1. The van der Waals surface area contributed by atoms with Crippen LogP contribution in [0.5, 0.6) is 0 Å². The molecule has 40 heavy (non-hydrogen) atoms. The molecule has 2 amide bonds. The van der Waals surface area contributed by atoms with E-state index < -0.39 is 5.60 Å². The predicted octanol–water partition coefficient (Wildman–Crippen LogP) is 6.53. The SMILES string of the molecule is CNC(=O)c1cnc2ccc(C(=O)NCCCCCCCCCC(=O)OC(C)(C)C)cc2c1Nc1ccccc1. The number of benzene rings is 2. The first-order chi connectivity index (χ1) is 19.2. The van der Waals surface area contributed by atoms with Crippen LogP contribution in [0.25, 0.3) is 10.9 Å². The third-order valence-corrected chi connectivity index (χ3v) is 6.41. The number of fused-ring (bicyclic) bond motifs is 1. The van der Waals surface area contributed by atoms with Crippen molar-refractivity contribution in [1.29, 1.82) is 0 Å². The Morgan fingerprint density at radius 1 is 0.850 bits per heavy atom. The van der Waals surface area contributed by atoms with Crippen LogP contribution in [0, 0.1) is 0 Å². The van der Waals surface area contributed by atoms with Gasteiger partial charge in [0.2, 0.25) is 0 Å². The summed E-state index contributed by atoms with van der Waals surface area (Å²) in [6, 6.07) is 14.9. The van der Waals surface area contributed by atoms with Crippen LogP contribution in [0.4, 0.5) is 11.4 Å². The van der Waals surface area contributed by atoms with Gasteiger partial charge in [-0.15, -0.1) is 0 Å². The summed E-state index contributed by atoms with van der Waals surface area (Å²) in [4.78, 5) is 41.7. The zero-order valence-corrected chi connectivity index (χ0v) is 24.1. The van der Waals surface area contributed by atoms with Gasteiger partial charge in [-0.25, -0.2) is 0 Å². The van der Waals surface area contributed by atoms with Crippen molar-refractivity contribution in [3.63, 3.8) is 0 Å². The molecule has 3 N–H and O–H groups in total. The van der Waals surface area contributed by atoms with Crippen molar-refractivity contribution in [1.82, 2.24) is 15.6 Å². The van der Waals surface area contributed by atoms with Gasteiger partial charge in [-0.1, -0.05) is 50.3 Å². The second-order valence-corrected chi connectivity index (χ2v) is 10.9. The molecule has 0 unspecified atom stereocenters. The molecular formula is C32H42N4O4. The highest BCUT2D eigenvalue weighted by molar-refractivity contribution is 6.09. The number of hydrogen-bond donors (Lipinski definition) is 3. The number of carbonyl (C=O) groups is 3. The smallest absolute Gasteiger partial charge is 0.306 e. The standard InChI is InChI=1S/C32H42N4O4/c1-32(2,3)40-28(37)17-13-8-6-5-7-9-14-20-34-30(38)23-18-19-27-25(21-23)29(26(22-35-27)31(39)33-4)36-24-15-11-10-12-16-24/h10-12,15-16,18-19,21-22H,5-9,13-14,17,20H2,1-4H3,(H,33,39)(H,34,38)(H,35,36). The molecule has 0 aliphatic rings. The summed E-state index contributed by atoms with van der Waals surface area (Å²) >= 11 is 0. The van der Waals surface area contributed by atoms with Crippen LogP contribution in [0.2, 0.25) is 0 Å². The number of para-hydroxylation sites is 1. The van der Waals surface area contributed by atoms with Crippen LogP contribution >= 0.6 is 0 Å². The maximum atomic E-state index is 12.9. The van der Waals surface area contributed by atoms with Gasteiger partial charge in [-0.2, -0.15) is 0 Å². The number of nitrogens with zero attached hydrogens (tertiary/aromatic N) is 1. The number of hydrogen-bond acceptors (Lipinski definition) is 6. The minimum atomic E-state index is -0.420. The summed E-state index contributed by atoms with van der Waals surface area (Å²) in [5.74, 6) is -0.535. The summed E-state index contributed by atoms with van der Waals surface area (Å²) in [7, 11) is 1.58. The number of rotatable bonds is 14. The fourth-order valence-corrected chi connectivity index (χ4v) is 4.42. The summed E-state index contributed by atoms with van der Waals surface area (Å²) in [6.45, 7) is 6.26. The van der Waals surface area contributed by atoms with E-state index in [1.165, 1.54) is 0 Å². The maximum absolute atomic E-state index is 12.9. The van der Waals surface area contributed by atoms with Gasteiger partial charge < -0.3 is 20.7 Å². The molecular weight excluding hydrogens is 504 g/mol. The van der Waals surface area contributed by atoms with E-state index in [4.69, 9.17) is 4.74 Å². The fourth-order valence-electron chi connectivity index (χ4n) is 4.42. The van der Waals surface area contributed by atoms with E-state index in [9.17, 15) is 14.4 Å². The van der Waals surface area contributed by atoms with E-state index in [1.54, 1.807) is 31.4 Å². The van der Waals surface area contributed by atoms with Crippen molar-refractivity contribution in [3.05, 3.63) is 65.9 Å². The van der Waals surface area contributed by atoms with Gasteiger partial charge in [0, 0.05) is 42.8 Å². The predicted molar refractivity (Wildman–Crippen MR) is 160 cm³/mol. The van der Waals surface area contributed by atoms with Crippen LogP contribution in [0.3, 0.4) is 0 Å². The minimum absolute atomic E-state index is 0.124. The van der Waals surface area contributed by atoms with Crippen molar-refractivity contribution in [2.24, 2.45) is 0 Å². The molecule has 0 radical (unpaired) electrons. The van der Waals surface area contributed by atoms with Crippen LogP contribution in [0.1, 0.15) is 92.9 Å². The van der Waals surface area contributed by atoms with E-state index in [2.05, 4.69) is 20.9 Å². The summed E-state index contributed by atoms with van der Waals surface area (Å²) in [5.41, 5.74) is 2.63. The minimum Gasteiger partial charge on any atom is -0.460 e. The molecule has 0 atom stereocenters. The lowest BCUT2D eigenvalue weighted by molar-refractivity contribution is -0.154. The molecule has 3 aromatic rings. The second-order valence-electron chi connectivity index (χ2n) is 10.9. The molecule has 2 aromatic carbocycles. The van der Waals surface area contributed by atoms with Crippen molar-refractivity contribution in [2.45, 2.75) is 77.7 Å². The first kappa shape index (κ1) is 30.6. The van der Waals surface area contributed by atoms with Crippen LogP contribution in [0.15, 0.2) is 54.7 Å². The van der Waals surface area contributed by atoms with Crippen LogP contribution in [-0.4, -0.2) is 42.0 Å². The van der Waals surface area contributed by atoms with Crippen LogP contribution < -0.4 is 16.0 Å². The number of anilines is 2. The number of pyridine rings is 1. The van der Waals surface area contributed by atoms with Crippen molar-refractivity contribution in [3.8, 4) is 0 Å². The number of carbonyl (C=O) groups excluding carboxylic acids is 3. The van der Waals surface area contributed by atoms with Gasteiger partial charge in [0.25, 0.3) is 11.8 Å². The summed E-state index contributed by atoms with van der Waals surface area (Å²) in [5, 5.41) is 9.71. The molecule has 0 spiro atoms. The summed E-state index contributed by atoms with van der Waals surface area (Å²) < 4.78 is 5.34. The number of aromatic nitrogens is 1. The van der Waals surface area contributed by atoms with Gasteiger partial charge in [0.1, 0.15) is 5.60 Å². The van der Waals surface area contributed by atoms with E-state index >= 15 is 0 Å². The normalized spacial score (nSPS) is 11.2. The Hall–Kier alpha value is -3.94. The molecule has 1 aromatic heterocycles. The van der Waals surface area contributed by atoms with Gasteiger partial charge in [-0.05, 0) is 63.9 Å². The van der Waals surface area contributed by atoms with Gasteiger partial charge in [0.05, 0.1) is 16.8 Å². The molecule has 0 saturated carbocycles. The van der Waals surface area contributed by atoms with Crippen LogP contribution in [-0.2, 0) is 9.53 Å². The number of amides is 2. The molecule has 214 valence electrons. The van der Waals surface area contributed by atoms with E-state index in [0.717, 1.165) is 50.6 Å².